The van der Waals surface area contributed by atoms with Crippen LogP contribution in [0.2, 0.25) is 0 Å². The Hall–Kier alpha value is -1.00. The minimum atomic E-state index is -0.210. The Morgan fingerprint density at radius 3 is 2.50 bits per heavy atom. The summed E-state index contributed by atoms with van der Waals surface area (Å²) >= 11 is 4.91. The third-order valence-corrected chi connectivity index (χ3v) is 3.65. The van der Waals surface area contributed by atoms with Crippen molar-refractivity contribution in [2.24, 2.45) is 11.7 Å². The highest BCUT2D eigenvalue weighted by atomic mass is 32.1. The second kappa shape index (κ2) is 6.25. The van der Waals surface area contributed by atoms with Gasteiger partial charge in [0.25, 0.3) is 0 Å². The van der Waals surface area contributed by atoms with E-state index < -0.39 is 0 Å². The highest BCUT2D eigenvalue weighted by Crippen LogP contribution is 2.16. The number of rotatable bonds is 5. The van der Waals surface area contributed by atoms with Crippen molar-refractivity contribution in [1.29, 1.82) is 0 Å². The number of nitrogens with zero attached hydrogens (tertiary/aromatic N) is 1. The summed E-state index contributed by atoms with van der Waals surface area (Å²) in [4.78, 5) is 2.43. The van der Waals surface area contributed by atoms with Gasteiger partial charge in [-0.1, -0.05) is 26.1 Å². The summed E-state index contributed by atoms with van der Waals surface area (Å²) in [6, 6.07) is 5.17. The molecular weight excluding hydrogens is 247 g/mol. The van der Waals surface area contributed by atoms with E-state index >= 15 is 0 Å². The molecule has 1 aromatic carbocycles. The van der Waals surface area contributed by atoms with Crippen molar-refractivity contribution >= 4 is 17.2 Å². The topological polar surface area (TPSA) is 29.3 Å². The second-order valence-corrected chi connectivity index (χ2v) is 5.51. The summed E-state index contributed by atoms with van der Waals surface area (Å²) in [5, 5.41) is 0. The highest BCUT2D eigenvalue weighted by Gasteiger charge is 2.15. The van der Waals surface area contributed by atoms with Crippen molar-refractivity contribution in [3.63, 3.8) is 0 Å². The summed E-state index contributed by atoms with van der Waals surface area (Å²) < 4.78 is 13.7. The fourth-order valence-electron chi connectivity index (χ4n) is 1.77. The fraction of sp³-hybridized carbons (Fsp3) is 0.500. The largest absolute Gasteiger partial charge is 0.389 e. The smallest absolute Gasteiger partial charge is 0.127 e. The van der Waals surface area contributed by atoms with E-state index in [1.165, 1.54) is 6.07 Å². The molecule has 0 amide bonds. The molecule has 0 saturated heterocycles. The summed E-state index contributed by atoms with van der Waals surface area (Å²) in [6.45, 7) is 7.01. The van der Waals surface area contributed by atoms with Crippen LogP contribution in [0.1, 0.15) is 31.9 Å². The van der Waals surface area contributed by atoms with Gasteiger partial charge < -0.3 is 5.73 Å². The molecule has 0 aliphatic heterocycles. The zero-order valence-corrected chi connectivity index (χ0v) is 12.2. The number of halogens is 1. The quantitative estimate of drug-likeness (QED) is 0.833. The van der Waals surface area contributed by atoms with E-state index in [4.69, 9.17) is 18.0 Å². The first-order valence-electron chi connectivity index (χ1n) is 6.11. The maximum Gasteiger partial charge on any atom is 0.127 e. The lowest BCUT2D eigenvalue weighted by Gasteiger charge is -2.28. The predicted molar refractivity (Wildman–Crippen MR) is 78.1 cm³/mol. The molecule has 0 aliphatic carbocycles. The Kier molecular flexibility index (Phi) is 5.23. The summed E-state index contributed by atoms with van der Waals surface area (Å²) in [5.74, 6) is 0.314. The lowest BCUT2D eigenvalue weighted by molar-refractivity contribution is 0.198. The summed E-state index contributed by atoms with van der Waals surface area (Å²) in [6.07, 6.45) is 0. The predicted octanol–water partition coefficient (Wildman–Crippen LogP) is 2.94. The van der Waals surface area contributed by atoms with Gasteiger partial charge in [0.2, 0.25) is 0 Å². The van der Waals surface area contributed by atoms with Gasteiger partial charge in [-0.25, -0.2) is 4.39 Å². The maximum atomic E-state index is 13.7. The minimum Gasteiger partial charge on any atom is -0.389 e. The van der Waals surface area contributed by atoms with Crippen LogP contribution in [-0.2, 0) is 6.54 Å². The van der Waals surface area contributed by atoms with Crippen LogP contribution in [0.5, 0.6) is 0 Å². The number of thiocarbonyl (C=S) groups is 1. The van der Waals surface area contributed by atoms with Crippen LogP contribution in [0.25, 0.3) is 0 Å². The van der Waals surface area contributed by atoms with Crippen molar-refractivity contribution in [3.05, 3.63) is 35.1 Å². The molecular formula is C14H21FN2S. The van der Waals surface area contributed by atoms with Gasteiger partial charge in [-0.2, -0.15) is 0 Å². The zero-order valence-electron chi connectivity index (χ0n) is 11.4. The van der Waals surface area contributed by atoms with E-state index in [0.29, 0.717) is 34.6 Å². The number of benzene rings is 1. The Morgan fingerprint density at radius 2 is 2.00 bits per heavy atom. The summed E-state index contributed by atoms with van der Waals surface area (Å²) in [7, 11) is 2.00. The summed E-state index contributed by atoms with van der Waals surface area (Å²) in [5.41, 5.74) is 6.92. The normalized spacial score (nSPS) is 13.1. The molecule has 0 radical (unpaired) electrons. The van der Waals surface area contributed by atoms with Crippen LogP contribution in [0.3, 0.4) is 0 Å². The molecule has 0 heterocycles. The Morgan fingerprint density at radius 1 is 1.39 bits per heavy atom. The van der Waals surface area contributed by atoms with E-state index in [1.807, 2.05) is 7.05 Å². The standard InChI is InChI=1S/C14H21FN2S/c1-9(2)10(3)17(4)8-12-7-11(14(16)18)5-6-13(12)15/h5-7,9-10H,8H2,1-4H3,(H2,16,18). The lowest BCUT2D eigenvalue weighted by atomic mass is 10.0. The molecule has 4 heteroatoms. The van der Waals surface area contributed by atoms with Gasteiger partial charge in [0, 0.05) is 23.7 Å². The van der Waals surface area contributed by atoms with Gasteiger partial charge in [-0.15, -0.1) is 0 Å². The molecule has 2 N–H and O–H groups in total. The van der Waals surface area contributed by atoms with E-state index in [2.05, 4.69) is 25.7 Å². The molecule has 1 atom stereocenters. The first-order chi connectivity index (χ1) is 8.32. The lowest BCUT2D eigenvalue weighted by Crippen LogP contribution is -2.33. The van der Waals surface area contributed by atoms with Crippen LogP contribution in [-0.4, -0.2) is 23.0 Å². The molecule has 18 heavy (non-hydrogen) atoms. The van der Waals surface area contributed by atoms with Crippen molar-refractivity contribution < 1.29 is 4.39 Å². The van der Waals surface area contributed by atoms with Crippen LogP contribution in [0.4, 0.5) is 4.39 Å². The SMILES string of the molecule is CC(C)C(C)N(C)Cc1cc(C(N)=S)ccc1F. The molecule has 0 saturated carbocycles. The van der Waals surface area contributed by atoms with E-state index in [0.717, 1.165) is 0 Å². The third-order valence-electron chi connectivity index (χ3n) is 3.41. The molecule has 100 valence electrons. The van der Waals surface area contributed by atoms with E-state index in [9.17, 15) is 4.39 Å². The van der Waals surface area contributed by atoms with Crippen molar-refractivity contribution in [2.75, 3.05) is 7.05 Å². The number of hydrogen-bond donors (Lipinski definition) is 1. The fourth-order valence-corrected chi connectivity index (χ4v) is 1.90. The molecule has 0 aliphatic rings. The Labute approximate surface area is 114 Å². The molecule has 1 unspecified atom stereocenters. The third kappa shape index (κ3) is 3.75. The van der Waals surface area contributed by atoms with Gasteiger partial charge in [-0.3, -0.25) is 4.90 Å². The first kappa shape index (κ1) is 15.1. The van der Waals surface area contributed by atoms with Gasteiger partial charge in [0.15, 0.2) is 0 Å². The van der Waals surface area contributed by atoms with Crippen LogP contribution < -0.4 is 5.73 Å². The number of hydrogen-bond acceptors (Lipinski definition) is 2. The van der Waals surface area contributed by atoms with E-state index in [-0.39, 0.29) is 5.82 Å². The molecule has 1 aromatic rings. The molecule has 2 nitrogen and oxygen atoms in total. The highest BCUT2D eigenvalue weighted by molar-refractivity contribution is 7.80. The zero-order chi connectivity index (χ0) is 13.9. The minimum absolute atomic E-state index is 0.210. The average Bonchev–Trinajstić information content (AvgIpc) is 2.30. The molecule has 0 aromatic heterocycles. The van der Waals surface area contributed by atoms with Crippen LogP contribution in [0, 0.1) is 11.7 Å². The molecule has 0 spiro atoms. The van der Waals surface area contributed by atoms with Gasteiger partial charge in [-0.05, 0) is 38.1 Å². The second-order valence-electron chi connectivity index (χ2n) is 5.07. The van der Waals surface area contributed by atoms with E-state index in [1.54, 1.807) is 12.1 Å². The Balaban J connectivity index is 2.89. The first-order valence-corrected chi connectivity index (χ1v) is 6.52. The molecule has 0 bridgehead atoms. The number of nitrogens with two attached hydrogens (primary N) is 1. The van der Waals surface area contributed by atoms with Crippen molar-refractivity contribution in [2.45, 2.75) is 33.4 Å². The van der Waals surface area contributed by atoms with Gasteiger partial charge >= 0.3 is 0 Å². The van der Waals surface area contributed by atoms with Crippen LogP contribution >= 0.6 is 12.2 Å². The van der Waals surface area contributed by atoms with Crippen molar-refractivity contribution in [3.8, 4) is 0 Å². The van der Waals surface area contributed by atoms with Gasteiger partial charge in [0.1, 0.15) is 10.8 Å². The molecule has 0 fully saturated rings. The van der Waals surface area contributed by atoms with Crippen LogP contribution in [0.15, 0.2) is 18.2 Å². The molecule has 1 rings (SSSR count). The average molecular weight is 268 g/mol. The maximum absolute atomic E-state index is 13.7. The Bertz CT molecular complexity index is 432. The monoisotopic (exact) mass is 268 g/mol. The van der Waals surface area contributed by atoms with Crippen molar-refractivity contribution in [1.82, 2.24) is 4.90 Å². The van der Waals surface area contributed by atoms with Gasteiger partial charge in [0.05, 0.1) is 0 Å².